The normalized spacial score (nSPS) is 17.6. The maximum absolute atomic E-state index is 14.4. The Hall–Kier alpha value is -3.42. The summed E-state index contributed by atoms with van der Waals surface area (Å²) in [6.45, 7) is 3.25. The fraction of sp³-hybridized carbons (Fsp3) is 0.333. The van der Waals surface area contributed by atoms with Crippen LogP contribution in [0.1, 0.15) is 29.7 Å². The molecule has 2 aliphatic heterocycles. The van der Waals surface area contributed by atoms with Gasteiger partial charge in [0.1, 0.15) is 19.0 Å². The molecule has 0 bridgehead atoms. The van der Waals surface area contributed by atoms with E-state index in [1.54, 1.807) is 6.07 Å². The summed E-state index contributed by atoms with van der Waals surface area (Å²) in [5, 5.41) is 1.76. The van der Waals surface area contributed by atoms with E-state index in [4.69, 9.17) is 31.0 Å². The molecule has 1 fully saturated rings. The van der Waals surface area contributed by atoms with Gasteiger partial charge in [-0.05, 0) is 55.9 Å². The summed E-state index contributed by atoms with van der Waals surface area (Å²) in [5.74, 6) is 0.144. The second kappa shape index (κ2) is 10.8. The number of likely N-dealkylation sites (tertiary alicyclic amines) is 1. The molecule has 0 N–H and O–H groups in total. The van der Waals surface area contributed by atoms with Gasteiger partial charge in [-0.3, -0.25) is 0 Å². The minimum absolute atomic E-state index is 0.142. The van der Waals surface area contributed by atoms with Gasteiger partial charge in [-0.2, -0.15) is 9.97 Å². The Morgan fingerprint density at radius 2 is 1.87 bits per heavy atom. The van der Waals surface area contributed by atoms with Crippen molar-refractivity contribution in [2.45, 2.75) is 38.5 Å². The Bertz CT molecular complexity index is 1450. The number of halogens is 2. The quantitative estimate of drug-likeness (QED) is 0.289. The zero-order chi connectivity index (χ0) is 26.1. The van der Waals surface area contributed by atoms with Crippen LogP contribution in [0.4, 0.5) is 10.1 Å². The Labute approximate surface area is 227 Å². The van der Waals surface area contributed by atoms with E-state index in [9.17, 15) is 4.39 Å². The van der Waals surface area contributed by atoms with E-state index in [2.05, 4.69) is 16.8 Å². The van der Waals surface area contributed by atoms with Crippen molar-refractivity contribution in [2.24, 2.45) is 0 Å². The van der Waals surface area contributed by atoms with Gasteiger partial charge in [0.15, 0.2) is 0 Å². The summed E-state index contributed by atoms with van der Waals surface area (Å²) >= 11 is 6.44. The molecular formula is C30H30ClFN4O2. The number of likely N-dealkylation sites (N-methyl/N-ethyl adjacent to an activating group) is 1. The van der Waals surface area contributed by atoms with E-state index in [0.29, 0.717) is 56.0 Å². The van der Waals surface area contributed by atoms with Gasteiger partial charge in [-0.15, -0.1) is 0 Å². The van der Waals surface area contributed by atoms with Crippen molar-refractivity contribution >= 4 is 28.1 Å². The highest BCUT2D eigenvalue weighted by atomic mass is 35.5. The topological polar surface area (TPSA) is 50.7 Å². The molecule has 0 saturated carbocycles. The van der Waals surface area contributed by atoms with Crippen molar-refractivity contribution in [3.05, 3.63) is 88.3 Å². The average Bonchev–Trinajstić information content (AvgIpc) is 3.37. The number of ether oxygens (including phenoxy) is 2. The molecule has 1 unspecified atom stereocenters. The lowest BCUT2D eigenvalue weighted by Crippen LogP contribution is -2.33. The number of rotatable bonds is 7. The van der Waals surface area contributed by atoms with E-state index in [1.807, 2.05) is 48.5 Å². The van der Waals surface area contributed by atoms with Crippen LogP contribution in [0.25, 0.3) is 10.8 Å². The maximum Gasteiger partial charge on any atom is 0.320 e. The van der Waals surface area contributed by atoms with Gasteiger partial charge in [-0.25, -0.2) is 4.39 Å². The van der Waals surface area contributed by atoms with Crippen LogP contribution in [0.2, 0.25) is 5.02 Å². The number of fused-ring (bicyclic) bond motifs is 2. The van der Waals surface area contributed by atoms with Crippen LogP contribution in [-0.4, -0.2) is 47.7 Å². The minimum atomic E-state index is -0.421. The number of hydrogen-bond donors (Lipinski definition) is 0. The van der Waals surface area contributed by atoms with Crippen molar-refractivity contribution in [3.8, 4) is 11.9 Å². The van der Waals surface area contributed by atoms with Gasteiger partial charge >= 0.3 is 6.01 Å². The molecule has 0 spiro atoms. The summed E-state index contributed by atoms with van der Waals surface area (Å²) < 4.78 is 26.8. The number of nitrogens with zero attached hydrogens (tertiary/aromatic N) is 4. The van der Waals surface area contributed by atoms with Crippen molar-refractivity contribution in [1.82, 2.24) is 14.9 Å². The van der Waals surface area contributed by atoms with Crippen molar-refractivity contribution in [3.63, 3.8) is 0 Å². The predicted octanol–water partition coefficient (Wildman–Crippen LogP) is 6.04. The Kier molecular flexibility index (Phi) is 7.04. The fourth-order valence-corrected chi connectivity index (χ4v) is 5.67. The van der Waals surface area contributed by atoms with Crippen LogP contribution in [0.15, 0.2) is 60.7 Å². The van der Waals surface area contributed by atoms with Crippen molar-refractivity contribution < 1.29 is 13.9 Å². The summed E-state index contributed by atoms with van der Waals surface area (Å²) in [5.41, 5.74) is 3.80. The third kappa shape index (κ3) is 5.00. The smallest absolute Gasteiger partial charge is 0.320 e. The van der Waals surface area contributed by atoms with E-state index >= 15 is 0 Å². The van der Waals surface area contributed by atoms with Gasteiger partial charge in [0.05, 0.1) is 17.3 Å². The highest BCUT2D eigenvalue weighted by molar-refractivity contribution is 6.36. The highest BCUT2D eigenvalue weighted by Gasteiger charge is 2.27. The first kappa shape index (κ1) is 24.9. The zero-order valence-electron chi connectivity index (χ0n) is 21.4. The Morgan fingerprint density at radius 1 is 1.00 bits per heavy atom. The molecule has 2 aliphatic rings. The monoisotopic (exact) mass is 532 g/mol. The third-order valence-corrected chi connectivity index (χ3v) is 7.92. The molecule has 196 valence electrons. The first-order valence-electron chi connectivity index (χ1n) is 13.1. The van der Waals surface area contributed by atoms with E-state index in [-0.39, 0.29) is 5.02 Å². The number of hydrogen-bond acceptors (Lipinski definition) is 6. The standard InChI is InChI=1S/C30H30ClFN4O2/c1-35-15-6-10-22(35)19-38-30-33-25-17-36(26-11-5-9-21-12-13-24(32)28(31)27(21)26)16-14-23(25)29(34-30)37-18-20-7-3-2-4-8-20/h2-5,7-9,11-13,22H,6,10,14-19H2,1H3. The maximum atomic E-state index is 14.4. The van der Waals surface area contributed by atoms with Crippen LogP contribution in [-0.2, 0) is 19.6 Å². The largest absolute Gasteiger partial charge is 0.472 e. The molecule has 1 atom stereocenters. The van der Waals surface area contributed by atoms with Crippen LogP contribution in [0, 0.1) is 5.82 Å². The SMILES string of the molecule is CN1CCCC1COc1nc2c(c(OCc3ccccc3)n1)CCN(c1cccc3ccc(F)c(Cl)c13)C2. The summed E-state index contributed by atoms with van der Waals surface area (Å²) in [7, 11) is 2.12. The molecule has 1 saturated heterocycles. The second-order valence-electron chi connectivity index (χ2n) is 10.0. The van der Waals surface area contributed by atoms with E-state index < -0.39 is 5.82 Å². The van der Waals surface area contributed by atoms with Crippen molar-refractivity contribution in [1.29, 1.82) is 0 Å². The lowest BCUT2D eigenvalue weighted by Gasteiger charge is -2.32. The van der Waals surface area contributed by atoms with Crippen LogP contribution in [0.3, 0.4) is 0 Å². The Balaban J connectivity index is 1.32. The van der Waals surface area contributed by atoms with Gasteiger partial charge in [0, 0.05) is 29.2 Å². The van der Waals surface area contributed by atoms with Gasteiger partial charge in [0.2, 0.25) is 5.88 Å². The molecule has 8 heteroatoms. The van der Waals surface area contributed by atoms with E-state index in [1.165, 1.54) is 12.5 Å². The molecule has 6 rings (SSSR count). The molecule has 6 nitrogen and oxygen atoms in total. The minimum Gasteiger partial charge on any atom is -0.472 e. The molecule has 3 aromatic carbocycles. The van der Waals surface area contributed by atoms with Gasteiger partial charge in [0.25, 0.3) is 0 Å². The number of anilines is 1. The third-order valence-electron chi connectivity index (χ3n) is 7.56. The summed E-state index contributed by atoms with van der Waals surface area (Å²) in [6, 6.07) is 19.8. The number of aromatic nitrogens is 2. The Morgan fingerprint density at radius 3 is 2.68 bits per heavy atom. The van der Waals surface area contributed by atoms with Crippen LogP contribution < -0.4 is 14.4 Å². The highest BCUT2D eigenvalue weighted by Crippen LogP contribution is 2.38. The number of benzene rings is 3. The average molecular weight is 533 g/mol. The van der Waals surface area contributed by atoms with Crippen LogP contribution >= 0.6 is 11.6 Å². The zero-order valence-corrected chi connectivity index (χ0v) is 22.1. The van der Waals surface area contributed by atoms with Gasteiger partial charge < -0.3 is 19.3 Å². The first-order chi connectivity index (χ1) is 18.6. The predicted molar refractivity (Wildman–Crippen MR) is 148 cm³/mol. The fourth-order valence-electron chi connectivity index (χ4n) is 5.40. The summed E-state index contributed by atoms with van der Waals surface area (Å²) in [4.78, 5) is 14.0. The van der Waals surface area contributed by atoms with Crippen molar-refractivity contribution in [2.75, 3.05) is 31.6 Å². The lowest BCUT2D eigenvalue weighted by atomic mass is 10.0. The summed E-state index contributed by atoms with van der Waals surface area (Å²) in [6.07, 6.45) is 2.96. The first-order valence-corrected chi connectivity index (χ1v) is 13.5. The molecule has 0 amide bonds. The molecule has 0 radical (unpaired) electrons. The molecular weight excluding hydrogens is 503 g/mol. The lowest BCUT2D eigenvalue weighted by molar-refractivity contribution is 0.184. The molecule has 4 aromatic rings. The molecule has 1 aromatic heterocycles. The van der Waals surface area contributed by atoms with Gasteiger partial charge in [-0.1, -0.05) is 60.1 Å². The molecule has 0 aliphatic carbocycles. The molecule has 38 heavy (non-hydrogen) atoms. The molecule has 3 heterocycles. The second-order valence-corrected chi connectivity index (χ2v) is 10.4. The van der Waals surface area contributed by atoms with E-state index in [0.717, 1.165) is 40.9 Å². The van der Waals surface area contributed by atoms with Crippen LogP contribution in [0.5, 0.6) is 11.9 Å².